The van der Waals surface area contributed by atoms with E-state index in [0.717, 1.165) is 0 Å². The molecule has 1 heterocycles. The Morgan fingerprint density at radius 2 is 2.67 bits per heavy atom. The predicted octanol–water partition coefficient (Wildman–Crippen LogP) is 1.39. The Kier molecular flexibility index (Phi) is 1.71. The number of halogens is 1. The molecule has 0 aromatic carbocycles. The molecule has 0 aliphatic rings. The SMILES string of the molecule is N#CCc1ncc(Cl)o1. The molecule has 0 saturated carbocycles. The minimum absolute atomic E-state index is 0.173. The molecule has 0 bridgehead atoms. The fraction of sp³-hybridized carbons (Fsp3) is 0.200. The van der Waals surface area contributed by atoms with E-state index in [2.05, 4.69) is 4.98 Å². The third-order valence-corrected chi connectivity index (χ3v) is 0.930. The monoisotopic (exact) mass is 142 g/mol. The van der Waals surface area contributed by atoms with Crippen molar-refractivity contribution in [1.29, 1.82) is 5.26 Å². The summed E-state index contributed by atoms with van der Waals surface area (Å²) in [6, 6.07) is 1.88. The van der Waals surface area contributed by atoms with E-state index in [4.69, 9.17) is 21.3 Å². The van der Waals surface area contributed by atoms with Gasteiger partial charge in [-0.05, 0) is 11.6 Å². The first-order valence-electron chi connectivity index (χ1n) is 2.30. The van der Waals surface area contributed by atoms with Gasteiger partial charge >= 0.3 is 0 Å². The highest BCUT2D eigenvalue weighted by atomic mass is 35.5. The normalized spacial score (nSPS) is 8.89. The van der Waals surface area contributed by atoms with Crippen molar-refractivity contribution < 1.29 is 4.42 Å². The van der Waals surface area contributed by atoms with Gasteiger partial charge in [0.2, 0.25) is 11.1 Å². The zero-order valence-electron chi connectivity index (χ0n) is 4.47. The molecule has 0 amide bonds. The van der Waals surface area contributed by atoms with E-state index in [9.17, 15) is 0 Å². The summed E-state index contributed by atoms with van der Waals surface area (Å²) in [5.41, 5.74) is 0. The van der Waals surface area contributed by atoms with E-state index in [0.29, 0.717) is 5.89 Å². The fourth-order valence-corrected chi connectivity index (χ4v) is 0.575. The number of oxazole rings is 1. The van der Waals surface area contributed by atoms with Crippen LogP contribution in [-0.4, -0.2) is 4.98 Å². The highest BCUT2D eigenvalue weighted by Crippen LogP contribution is 2.08. The van der Waals surface area contributed by atoms with Gasteiger partial charge in [0, 0.05) is 0 Å². The smallest absolute Gasteiger partial charge is 0.213 e. The second-order valence-electron chi connectivity index (χ2n) is 1.39. The van der Waals surface area contributed by atoms with Crippen molar-refractivity contribution in [2.24, 2.45) is 0 Å². The second kappa shape index (κ2) is 2.51. The van der Waals surface area contributed by atoms with Crippen LogP contribution in [0.1, 0.15) is 5.89 Å². The van der Waals surface area contributed by atoms with Crippen molar-refractivity contribution >= 4 is 11.6 Å². The number of rotatable bonds is 1. The Balaban J connectivity index is 2.76. The van der Waals surface area contributed by atoms with Gasteiger partial charge in [-0.1, -0.05) is 0 Å². The van der Waals surface area contributed by atoms with Gasteiger partial charge in [0.1, 0.15) is 6.42 Å². The lowest BCUT2D eigenvalue weighted by atomic mass is 10.5. The molecular formula is C5H3ClN2O. The molecule has 4 heteroatoms. The molecule has 0 fully saturated rings. The van der Waals surface area contributed by atoms with Crippen LogP contribution in [0.3, 0.4) is 0 Å². The highest BCUT2D eigenvalue weighted by Gasteiger charge is 1.97. The number of hydrogen-bond donors (Lipinski definition) is 0. The van der Waals surface area contributed by atoms with Crippen molar-refractivity contribution in [3.8, 4) is 6.07 Å². The van der Waals surface area contributed by atoms with E-state index in [1.54, 1.807) is 0 Å². The van der Waals surface area contributed by atoms with Crippen molar-refractivity contribution in [2.75, 3.05) is 0 Å². The van der Waals surface area contributed by atoms with Gasteiger partial charge in [-0.2, -0.15) is 5.26 Å². The van der Waals surface area contributed by atoms with Crippen LogP contribution in [0.5, 0.6) is 0 Å². The first kappa shape index (κ1) is 6.12. The van der Waals surface area contributed by atoms with E-state index in [1.165, 1.54) is 6.20 Å². The lowest BCUT2D eigenvalue weighted by Gasteiger charge is -1.77. The summed E-state index contributed by atoms with van der Waals surface area (Å²) in [5, 5.41) is 8.36. The minimum atomic E-state index is 0.173. The zero-order valence-corrected chi connectivity index (χ0v) is 5.22. The van der Waals surface area contributed by atoms with Crippen LogP contribution in [0.15, 0.2) is 10.6 Å². The summed E-state index contributed by atoms with van der Waals surface area (Å²) < 4.78 is 4.76. The lowest BCUT2D eigenvalue weighted by Crippen LogP contribution is -1.76. The average molecular weight is 143 g/mol. The maximum Gasteiger partial charge on any atom is 0.213 e. The Hall–Kier alpha value is -1.01. The summed E-state index contributed by atoms with van der Waals surface area (Å²) in [7, 11) is 0. The molecule has 0 unspecified atom stereocenters. The summed E-state index contributed by atoms with van der Waals surface area (Å²) in [5.74, 6) is 0.363. The van der Waals surface area contributed by atoms with Crippen LogP contribution in [0.25, 0.3) is 0 Å². The van der Waals surface area contributed by atoms with Gasteiger partial charge in [-0.15, -0.1) is 0 Å². The van der Waals surface area contributed by atoms with Crippen LogP contribution in [-0.2, 0) is 6.42 Å². The Bertz CT molecular complexity index is 237. The first-order chi connectivity index (χ1) is 4.33. The van der Waals surface area contributed by atoms with Crippen LogP contribution in [0.4, 0.5) is 0 Å². The third kappa shape index (κ3) is 1.44. The largest absolute Gasteiger partial charge is 0.428 e. The maximum atomic E-state index is 8.14. The standard InChI is InChI=1S/C5H3ClN2O/c6-4-3-8-5(9-4)1-2-7/h3H,1H2. The van der Waals surface area contributed by atoms with Crippen molar-refractivity contribution in [3.63, 3.8) is 0 Å². The summed E-state index contributed by atoms with van der Waals surface area (Å²) in [4.78, 5) is 3.68. The molecule has 3 nitrogen and oxygen atoms in total. The third-order valence-electron chi connectivity index (χ3n) is 0.756. The number of nitriles is 1. The molecule has 0 spiro atoms. The van der Waals surface area contributed by atoms with Crippen LogP contribution in [0.2, 0.25) is 5.22 Å². The van der Waals surface area contributed by atoms with E-state index in [1.807, 2.05) is 6.07 Å². The lowest BCUT2D eigenvalue weighted by molar-refractivity contribution is 0.512. The Morgan fingerprint density at radius 3 is 3.11 bits per heavy atom. The van der Waals surface area contributed by atoms with Crippen molar-refractivity contribution in [2.45, 2.75) is 6.42 Å². The number of hydrogen-bond acceptors (Lipinski definition) is 3. The van der Waals surface area contributed by atoms with Gasteiger partial charge in [0.25, 0.3) is 0 Å². The molecule has 1 aromatic rings. The molecule has 1 rings (SSSR count). The van der Waals surface area contributed by atoms with Crippen LogP contribution in [0, 0.1) is 11.3 Å². The average Bonchev–Trinajstić information content (AvgIpc) is 2.17. The molecular weight excluding hydrogens is 140 g/mol. The molecule has 0 atom stereocenters. The molecule has 0 N–H and O–H groups in total. The summed E-state index contributed by atoms with van der Waals surface area (Å²) in [6.07, 6.45) is 1.54. The number of nitrogens with zero attached hydrogens (tertiary/aromatic N) is 2. The number of aromatic nitrogens is 1. The summed E-state index contributed by atoms with van der Waals surface area (Å²) in [6.45, 7) is 0. The van der Waals surface area contributed by atoms with Crippen LogP contribution >= 0.6 is 11.6 Å². The molecule has 1 aromatic heterocycles. The van der Waals surface area contributed by atoms with E-state index < -0.39 is 0 Å². The van der Waals surface area contributed by atoms with Crippen molar-refractivity contribution in [3.05, 3.63) is 17.3 Å². The van der Waals surface area contributed by atoms with E-state index in [-0.39, 0.29) is 11.6 Å². The van der Waals surface area contributed by atoms with Crippen molar-refractivity contribution in [1.82, 2.24) is 4.98 Å². The topological polar surface area (TPSA) is 49.8 Å². The van der Waals surface area contributed by atoms with Gasteiger partial charge in [-0.3, -0.25) is 0 Å². The Morgan fingerprint density at radius 1 is 1.89 bits per heavy atom. The van der Waals surface area contributed by atoms with Gasteiger partial charge < -0.3 is 4.42 Å². The summed E-state index contributed by atoms with van der Waals surface area (Å²) >= 11 is 5.36. The zero-order chi connectivity index (χ0) is 6.69. The molecule has 0 saturated heterocycles. The quantitative estimate of drug-likeness (QED) is 0.596. The Labute approximate surface area is 56.9 Å². The molecule has 0 radical (unpaired) electrons. The fourth-order valence-electron chi connectivity index (χ4n) is 0.437. The molecule has 9 heavy (non-hydrogen) atoms. The predicted molar refractivity (Wildman–Crippen MR) is 30.8 cm³/mol. The second-order valence-corrected chi connectivity index (χ2v) is 1.77. The van der Waals surface area contributed by atoms with Gasteiger partial charge in [-0.25, -0.2) is 4.98 Å². The highest BCUT2D eigenvalue weighted by molar-refractivity contribution is 6.28. The van der Waals surface area contributed by atoms with E-state index >= 15 is 0 Å². The molecule has 0 aliphatic heterocycles. The molecule has 0 aliphatic carbocycles. The maximum absolute atomic E-state index is 8.14. The first-order valence-corrected chi connectivity index (χ1v) is 2.68. The van der Waals surface area contributed by atoms with Gasteiger partial charge in [0.05, 0.1) is 12.3 Å². The van der Waals surface area contributed by atoms with Gasteiger partial charge in [0.15, 0.2) is 0 Å². The van der Waals surface area contributed by atoms with Crippen LogP contribution < -0.4 is 0 Å². The molecule has 46 valence electrons. The minimum Gasteiger partial charge on any atom is -0.428 e.